The number of rotatable bonds is 6. The number of nitrogens with zero attached hydrogens (tertiary/aromatic N) is 4. The molecule has 96 valence electrons. The summed E-state index contributed by atoms with van der Waals surface area (Å²) in [5.41, 5.74) is 6.72. The van der Waals surface area contributed by atoms with Crippen molar-refractivity contribution in [1.82, 2.24) is 14.7 Å². The van der Waals surface area contributed by atoms with Crippen molar-refractivity contribution in [2.75, 3.05) is 13.1 Å². The van der Waals surface area contributed by atoms with Crippen LogP contribution in [0.1, 0.15) is 19.4 Å². The molecule has 0 aliphatic carbocycles. The Labute approximate surface area is 102 Å². The summed E-state index contributed by atoms with van der Waals surface area (Å²) in [7, 11) is 1.90. The number of hydrogen-bond donors (Lipinski definition) is 2. The second kappa shape index (κ2) is 6.24. The Kier molecular flexibility index (Phi) is 4.96. The number of hydrogen-bond acceptors (Lipinski definition) is 4. The van der Waals surface area contributed by atoms with Gasteiger partial charge >= 0.3 is 0 Å². The highest BCUT2D eigenvalue weighted by Crippen LogP contribution is 2.03. The standard InChI is InChI=1S/C11H21N5O/c1-9(2)16(8-11(12)14-17)5-4-10-6-13-15(3)7-10/h6-7,9,17H,4-5,8H2,1-3H3,(H2,12,14). The molecule has 1 aromatic rings. The molecule has 0 bridgehead atoms. The van der Waals surface area contributed by atoms with Crippen LogP contribution in [0, 0.1) is 0 Å². The Morgan fingerprint density at radius 1 is 1.65 bits per heavy atom. The molecule has 6 nitrogen and oxygen atoms in total. The van der Waals surface area contributed by atoms with E-state index < -0.39 is 0 Å². The second-order valence-electron chi connectivity index (χ2n) is 4.43. The first-order valence-corrected chi connectivity index (χ1v) is 5.71. The molecule has 17 heavy (non-hydrogen) atoms. The van der Waals surface area contributed by atoms with Crippen LogP contribution in [0.2, 0.25) is 0 Å². The second-order valence-corrected chi connectivity index (χ2v) is 4.43. The number of amidine groups is 1. The van der Waals surface area contributed by atoms with Crippen LogP contribution in [-0.2, 0) is 13.5 Å². The Bertz CT molecular complexity index is 372. The van der Waals surface area contributed by atoms with Crippen LogP contribution in [0.25, 0.3) is 0 Å². The van der Waals surface area contributed by atoms with Gasteiger partial charge in [0.05, 0.1) is 12.7 Å². The minimum Gasteiger partial charge on any atom is -0.409 e. The third kappa shape index (κ3) is 4.44. The third-order valence-corrected chi connectivity index (χ3v) is 2.67. The van der Waals surface area contributed by atoms with Gasteiger partial charge in [-0.1, -0.05) is 5.16 Å². The van der Waals surface area contributed by atoms with E-state index in [9.17, 15) is 0 Å². The molecule has 1 heterocycles. The topological polar surface area (TPSA) is 79.7 Å². The van der Waals surface area contributed by atoms with Gasteiger partial charge in [0, 0.05) is 25.8 Å². The van der Waals surface area contributed by atoms with Crippen molar-refractivity contribution in [3.63, 3.8) is 0 Å². The van der Waals surface area contributed by atoms with E-state index in [4.69, 9.17) is 10.9 Å². The highest BCUT2D eigenvalue weighted by atomic mass is 16.4. The summed E-state index contributed by atoms with van der Waals surface area (Å²) in [6, 6.07) is 0.354. The molecular formula is C11H21N5O. The first kappa shape index (κ1) is 13.5. The van der Waals surface area contributed by atoms with E-state index in [2.05, 4.69) is 29.0 Å². The van der Waals surface area contributed by atoms with Gasteiger partial charge in [-0.25, -0.2) is 0 Å². The normalized spacial score (nSPS) is 12.6. The van der Waals surface area contributed by atoms with E-state index in [-0.39, 0.29) is 5.84 Å². The van der Waals surface area contributed by atoms with Crippen LogP contribution in [-0.4, -0.2) is 44.9 Å². The summed E-state index contributed by atoms with van der Waals surface area (Å²) in [6.45, 7) is 5.52. The van der Waals surface area contributed by atoms with E-state index in [0.29, 0.717) is 12.6 Å². The van der Waals surface area contributed by atoms with Crippen molar-refractivity contribution in [3.05, 3.63) is 18.0 Å². The zero-order valence-corrected chi connectivity index (χ0v) is 10.7. The summed E-state index contributed by atoms with van der Waals surface area (Å²) in [6.07, 6.45) is 4.77. The van der Waals surface area contributed by atoms with E-state index in [1.54, 1.807) is 4.68 Å². The molecule has 3 N–H and O–H groups in total. The van der Waals surface area contributed by atoms with E-state index in [0.717, 1.165) is 13.0 Å². The van der Waals surface area contributed by atoms with Gasteiger partial charge in [0.15, 0.2) is 5.84 Å². The van der Waals surface area contributed by atoms with Crippen LogP contribution in [0.15, 0.2) is 17.5 Å². The molecule has 0 unspecified atom stereocenters. The summed E-state index contributed by atoms with van der Waals surface area (Å²) in [5, 5.41) is 15.7. The fraction of sp³-hybridized carbons (Fsp3) is 0.636. The van der Waals surface area contributed by atoms with Crippen molar-refractivity contribution >= 4 is 5.84 Å². The van der Waals surface area contributed by atoms with Crippen LogP contribution in [0.5, 0.6) is 0 Å². The zero-order valence-electron chi connectivity index (χ0n) is 10.7. The van der Waals surface area contributed by atoms with Crippen molar-refractivity contribution in [1.29, 1.82) is 0 Å². The molecule has 0 fully saturated rings. The first-order chi connectivity index (χ1) is 8.02. The maximum atomic E-state index is 8.58. The average Bonchev–Trinajstić information content (AvgIpc) is 2.69. The van der Waals surface area contributed by atoms with E-state index in [1.807, 2.05) is 19.4 Å². The van der Waals surface area contributed by atoms with Crippen LogP contribution in [0.4, 0.5) is 0 Å². The molecule has 1 rings (SSSR count). The molecule has 0 saturated heterocycles. The largest absolute Gasteiger partial charge is 0.409 e. The molecule has 0 aliphatic heterocycles. The summed E-state index contributed by atoms with van der Waals surface area (Å²) in [5.74, 6) is 0.241. The van der Waals surface area contributed by atoms with Gasteiger partial charge in [-0.2, -0.15) is 5.10 Å². The average molecular weight is 239 g/mol. The fourth-order valence-corrected chi connectivity index (χ4v) is 1.63. The quantitative estimate of drug-likeness (QED) is 0.326. The van der Waals surface area contributed by atoms with Gasteiger partial charge in [-0.15, -0.1) is 0 Å². The minimum atomic E-state index is 0.241. The van der Waals surface area contributed by atoms with Crippen molar-refractivity contribution in [3.8, 4) is 0 Å². The minimum absolute atomic E-state index is 0.241. The molecule has 6 heteroatoms. The van der Waals surface area contributed by atoms with Crippen molar-refractivity contribution in [2.24, 2.45) is 17.9 Å². The van der Waals surface area contributed by atoms with Crippen LogP contribution in [0.3, 0.4) is 0 Å². The maximum Gasteiger partial charge on any atom is 0.153 e. The highest BCUT2D eigenvalue weighted by Gasteiger charge is 2.11. The predicted molar refractivity (Wildman–Crippen MR) is 67.0 cm³/mol. The monoisotopic (exact) mass is 239 g/mol. The number of aromatic nitrogens is 2. The maximum absolute atomic E-state index is 8.58. The zero-order chi connectivity index (χ0) is 12.8. The van der Waals surface area contributed by atoms with Crippen molar-refractivity contribution < 1.29 is 5.21 Å². The first-order valence-electron chi connectivity index (χ1n) is 5.71. The highest BCUT2D eigenvalue weighted by molar-refractivity contribution is 5.81. The van der Waals surface area contributed by atoms with E-state index >= 15 is 0 Å². The lowest BCUT2D eigenvalue weighted by atomic mass is 10.2. The molecule has 0 aromatic carbocycles. The molecular weight excluding hydrogens is 218 g/mol. The van der Waals surface area contributed by atoms with Crippen LogP contribution >= 0.6 is 0 Å². The van der Waals surface area contributed by atoms with Gasteiger partial charge < -0.3 is 10.9 Å². The SMILES string of the molecule is CC(C)N(CCc1cnn(C)c1)CC(N)=NO. The number of aryl methyl sites for hydroxylation is 1. The Balaban J connectivity index is 2.50. The summed E-state index contributed by atoms with van der Waals surface area (Å²) in [4.78, 5) is 2.15. The van der Waals surface area contributed by atoms with Crippen molar-refractivity contribution in [2.45, 2.75) is 26.3 Å². The van der Waals surface area contributed by atoms with E-state index in [1.165, 1.54) is 5.56 Å². The number of oxime groups is 1. The smallest absolute Gasteiger partial charge is 0.153 e. The Morgan fingerprint density at radius 3 is 2.82 bits per heavy atom. The van der Waals surface area contributed by atoms with Gasteiger partial charge in [0.25, 0.3) is 0 Å². The van der Waals surface area contributed by atoms with Gasteiger partial charge in [0.1, 0.15) is 0 Å². The fourth-order valence-electron chi connectivity index (χ4n) is 1.63. The van der Waals surface area contributed by atoms with Crippen LogP contribution < -0.4 is 5.73 Å². The molecule has 0 aliphatic rings. The lowest BCUT2D eigenvalue weighted by Gasteiger charge is -2.25. The summed E-state index contributed by atoms with van der Waals surface area (Å²) >= 11 is 0. The lowest BCUT2D eigenvalue weighted by Crippen LogP contribution is -2.39. The predicted octanol–water partition coefficient (Wildman–Crippen LogP) is 0.419. The molecule has 0 saturated carbocycles. The molecule has 0 radical (unpaired) electrons. The molecule has 1 aromatic heterocycles. The van der Waals surface area contributed by atoms with Gasteiger partial charge in [0.2, 0.25) is 0 Å². The molecule has 0 spiro atoms. The Morgan fingerprint density at radius 2 is 2.35 bits per heavy atom. The molecule has 0 atom stereocenters. The van der Waals surface area contributed by atoms with Gasteiger partial charge in [-0.3, -0.25) is 9.58 Å². The number of nitrogens with two attached hydrogens (primary N) is 1. The summed E-state index contributed by atoms with van der Waals surface area (Å²) < 4.78 is 1.79. The van der Waals surface area contributed by atoms with Gasteiger partial charge in [-0.05, 0) is 25.8 Å². The molecule has 0 amide bonds. The third-order valence-electron chi connectivity index (χ3n) is 2.67. The lowest BCUT2D eigenvalue weighted by molar-refractivity contribution is 0.249. The Hall–Kier alpha value is -1.56.